The number of hydrogen-bond acceptors (Lipinski definition) is 5. The number of hydrogen-bond donors (Lipinski definition) is 1. The van der Waals surface area contributed by atoms with Gasteiger partial charge in [-0.2, -0.15) is 5.26 Å². The maximum Gasteiger partial charge on any atom is 0.289 e. The maximum absolute atomic E-state index is 12.4. The Balaban J connectivity index is 1.59. The Bertz CT molecular complexity index is 888. The van der Waals surface area contributed by atoms with Crippen LogP contribution < -0.4 is 5.32 Å². The van der Waals surface area contributed by atoms with Crippen LogP contribution in [0.3, 0.4) is 0 Å². The number of carbonyl (C=O) groups is 2. The molecule has 27 heavy (non-hydrogen) atoms. The molecule has 3 rings (SSSR count). The fourth-order valence-corrected chi connectivity index (χ4v) is 2.85. The highest BCUT2D eigenvalue weighted by molar-refractivity contribution is 6.06. The number of rotatable bonds is 4. The van der Waals surface area contributed by atoms with Crippen LogP contribution in [0.4, 0.5) is 5.69 Å². The lowest BCUT2D eigenvalue weighted by Crippen LogP contribution is -2.47. The van der Waals surface area contributed by atoms with Crippen LogP contribution in [0.15, 0.2) is 58.9 Å². The Morgan fingerprint density at radius 3 is 2.59 bits per heavy atom. The van der Waals surface area contributed by atoms with Crippen LogP contribution in [0, 0.1) is 18.3 Å². The molecular weight excluding hydrogens is 344 g/mol. The number of nitrogens with zero attached hydrogens (tertiary/aromatic N) is 3. The summed E-state index contributed by atoms with van der Waals surface area (Å²) in [5.41, 5.74) is 1.70. The predicted octanol–water partition coefficient (Wildman–Crippen LogP) is 2.39. The van der Waals surface area contributed by atoms with E-state index >= 15 is 0 Å². The standard InChI is InChI=1S/C20H20N4O3/c1-15-4-2-5-17(12-15)22-19(25)16(13-21)14-23-7-9-24(10-8-23)20(26)18-6-3-11-27-18/h2-6,11-12,14H,7-10H2,1H3,(H,22,25)/b16-14-. The molecule has 0 spiro atoms. The minimum Gasteiger partial charge on any atom is -0.459 e. The topological polar surface area (TPSA) is 89.6 Å². The Morgan fingerprint density at radius 2 is 1.96 bits per heavy atom. The third-order valence-corrected chi connectivity index (χ3v) is 4.29. The molecule has 0 bridgehead atoms. The normalized spacial score (nSPS) is 14.6. The summed E-state index contributed by atoms with van der Waals surface area (Å²) in [6.45, 7) is 3.99. The SMILES string of the molecule is Cc1cccc(NC(=O)/C(C#N)=C\N2CCN(C(=O)c3ccco3)CC2)c1. The smallest absolute Gasteiger partial charge is 0.289 e. The summed E-state index contributed by atoms with van der Waals surface area (Å²) in [6, 6.07) is 12.7. The Labute approximate surface area is 157 Å². The molecule has 138 valence electrons. The quantitative estimate of drug-likeness (QED) is 0.665. The van der Waals surface area contributed by atoms with Crippen molar-refractivity contribution in [2.24, 2.45) is 0 Å². The van der Waals surface area contributed by atoms with Crippen molar-refractivity contribution in [2.45, 2.75) is 6.92 Å². The molecule has 2 aromatic rings. The Kier molecular flexibility index (Phi) is 5.57. The minimum atomic E-state index is -0.447. The first-order chi connectivity index (χ1) is 13.1. The number of furan rings is 1. The second-order valence-corrected chi connectivity index (χ2v) is 6.28. The van der Waals surface area contributed by atoms with Crippen LogP contribution in [-0.2, 0) is 4.79 Å². The van der Waals surface area contributed by atoms with Crippen LogP contribution in [0.25, 0.3) is 0 Å². The summed E-state index contributed by atoms with van der Waals surface area (Å²) in [4.78, 5) is 28.2. The van der Waals surface area contributed by atoms with Crippen molar-refractivity contribution in [1.29, 1.82) is 5.26 Å². The molecule has 0 radical (unpaired) electrons. The van der Waals surface area contributed by atoms with Gasteiger partial charge in [0.25, 0.3) is 11.8 Å². The van der Waals surface area contributed by atoms with Crippen LogP contribution in [0.2, 0.25) is 0 Å². The predicted molar refractivity (Wildman–Crippen MR) is 99.7 cm³/mol. The van der Waals surface area contributed by atoms with Gasteiger partial charge in [0.2, 0.25) is 0 Å². The fraction of sp³-hybridized carbons (Fsp3) is 0.250. The van der Waals surface area contributed by atoms with Crippen molar-refractivity contribution < 1.29 is 14.0 Å². The molecule has 2 amide bonds. The fourth-order valence-electron chi connectivity index (χ4n) is 2.85. The van der Waals surface area contributed by atoms with Crippen molar-refractivity contribution in [2.75, 3.05) is 31.5 Å². The van der Waals surface area contributed by atoms with Gasteiger partial charge >= 0.3 is 0 Å². The Morgan fingerprint density at radius 1 is 1.19 bits per heavy atom. The average Bonchev–Trinajstić information content (AvgIpc) is 3.20. The number of aryl methyl sites for hydroxylation is 1. The molecule has 0 atom stereocenters. The summed E-state index contributed by atoms with van der Waals surface area (Å²) >= 11 is 0. The second kappa shape index (κ2) is 8.23. The molecule has 1 saturated heterocycles. The number of carbonyl (C=O) groups excluding carboxylic acids is 2. The molecule has 0 aliphatic carbocycles. The third kappa shape index (κ3) is 4.55. The number of nitrogens with one attached hydrogen (secondary N) is 1. The summed E-state index contributed by atoms with van der Waals surface area (Å²) in [6.07, 6.45) is 3.03. The van der Waals surface area contributed by atoms with E-state index in [1.54, 1.807) is 29.3 Å². The Hall–Kier alpha value is -3.53. The summed E-state index contributed by atoms with van der Waals surface area (Å²) in [5, 5.41) is 12.1. The molecule has 2 heterocycles. The van der Waals surface area contributed by atoms with Gasteiger partial charge in [-0.3, -0.25) is 9.59 Å². The average molecular weight is 364 g/mol. The van der Waals surface area contributed by atoms with E-state index in [1.807, 2.05) is 36.1 Å². The molecule has 1 aliphatic heterocycles. The highest BCUT2D eigenvalue weighted by atomic mass is 16.3. The van der Waals surface area contributed by atoms with E-state index in [0.717, 1.165) is 5.56 Å². The van der Waals surface area contributed by atoms with E-state index in [9.17, 15) is 14.9 Å². The lowest BCUT2D eigenvalue weighted by atomic mass is 10.2. The summed E-state index contributed by atoms with van der Waals surface area (Å²) < 4.78 is 5.14. The lowest BCUT2D eigenvalue weighted by Gasteiger charge is -2.33. The van der Waals surface area contributed by atoms with Crippen molar-refractivity contribution >= 4 is 17.5 Å². The van der Waals surface area contributed by atoms with Gasteiger partial charge < -0.3 is 19.5 Å². The van der Waals surface area contributed by atoms with Crippen LogP contribution in [0.5, 0.6) is 0 Å². The van der Waals surface area contributed by atoms with E-state index in [-0.39, 0.29) is 11.5 Å². The number of amides is 2. The number of benzene rings is 1. The van der Waals surface area contributed by atoms with Gasteiger partial charge in [0, 0.05) is 38.1 Å². The van der Waals surface area contributed by atoms with Gasteiger partial charge in [-0.1, -0.05) is 12.1 Å². The highest BCUT2D eigenvalue weighted by Gasteiger charge is 2.23. The second-order valence-electron chi connectivity index (χ2n) is 6.28. The molecule has 1 aromatic carbocycles. The number of anilines is 1. The van der Waals surface area contributed by atoms with Crippen LogP contribution in [-0.4, -0.2) is 47.8 Å². The largest absolute Gasteiger partial charge is 0.459 e. The van der Waals surface area contributed by atoms with E-state index in [2.05, 4.69) is 5.32 Å². The van der Waals surface area contributed by atoms with Crippen molar-refractivity contribution in [3.63, 3.8) is 0 Å². The zero-order chi connectivity index (χ0) is 19.2. The zero-order valence-corrected chi connectivity index (χ0v) is 15.0. The molecule has 1 fully saturated rings. The van der Waals surface area contributed by atoms with Crippen molar-refractivity contribution in [3.8, 4) is 6.07 Å². The molecule has 0 saturated carbocycles. The third-order valence-electron chi connectivity index (χ3n) is 4.29. The van der Waals surface area contributed by atoms with Crippen LogP contribution in [0.1, 0.15) is 16.1 Å². The monoisotopic (exact) mass is 364 g/mol. The first-order valence-electron chi connectivity index (χ1n) is 8.63. The van der Waals surface area contributed by atoms with E-state index in [4.69, 9.17) is 4.42 Å². The first kappa shape index (κ1) is 18.3. The van der Waals surface area contributed by atoms with E-state index in [0.29, 0.717) is 37.6 Å². The molecule has 1 aromatic heterocycles. The summed E-state index contributed by atoms with van der Waals surface area (Å²) in [7, 11) is 0. The lowest BCUT2D eigenvalue weighted by molar-refractivity contribution is -0.112. The minimum absolute atomic E-state index is 0.0299. The van der Waals surface area contributed by atoms with Crippen LogP contribution >= 0.6 is 0 Å². The molecule has 7 heteroatoms. The van der Waals surface area contributed by atoms with Crippen molar-refractivity contribution in [1.82, 2.24) is 9.80 Å². The van der Waals surface area contributed by atoms with Gasteiger partial charge in [-0.25, -0.2) is 0 Å². The van der Waals surface area contributed by atoms with Crippen molar-refractivity contribution in [3.05, 3.63) is 65.8 Å². The zero-order valence-electron chi connectivity index (χ0n) is 15.0. The van der Waals surface area contributed by atoms with Gasteiger partial charge in [0.15, 0.2) is 5.76 Å². The first-order valence-corrected chi connectivity index (χ1v) is 8.63. The number of nitriles is 1. The molecular formula is C20H20N4O3. The van der Waals surface area contributed by atoms with E-state index in [1.165, 1.54) is 6.26 Å². The van der Waals surface area contributed by atoms with E-state index < -0.39 is 5.91 Å². The highest BCUT2D eigenvalue weighted by Crippen LogP contribution is 2.13. The summed E-state index contributed by atoms with van der Waals surface area (Å²) in [5.74, 6) is -0.284. The number of piperazine rings is 1. The van der Waals surface area contributed by atoms with Gasteiger partial charge in [-0.15, -0.1) is 0 Å². The molecule has 7 nitrogen and oxygen atoms in total. The molecule has 1 aliphatic rings. The van der Waals surface area contributed by atoms with Gasteiger partial charge in [-0.05, 0) is 36.8 Å². The maximum atomic E-state index is 12.4. The van der Waals surface area contributed by atoms with Gasteiger partial charge in [0.05, 0.1) is 6.26 Å². The van der Waals surface area contributed by atoms with Gasteiger partial charge in [0.1, 0.15) is 11.6 Å². The molecule has 1 N–H and O–H groups in total. The molecule has 0 unspecified atom stereocenters.